The third-order valence-corrected chi connectivity index (χ3v) is 4.27. The van der Waals surface area contributed by atoms with E-state index < -0.39 is 0 Å². The number of aromatic hydroxyl groups is 1. The molecule has 2 aromatic carbocycles. The number of para-hydroxylation sites is 1. The van der Waals surface area contributed by atoms with Gasteiger partial charge in [0.05, 0.1) is 21.6 Å². The van der Waals surface area contributed by atoms with Crippen LogP contribution >= 0.6 is 11.6 Å². The fourth-order valence-electron chi connectivity index (χ4n) is 2.81. The maximum Gasteiger partial charge on any atom is 0.145 e. The van der Waals surface area contributed by atoms with Gasteiger partial charge in [-0.3, -0.25) is 0 Å². The Morgan fingerprint density at radius 2 is 2.05 bits per heavy atom. The second kappa shape index (κ2) is 4.50. The highest BCUT2D eigenvalue weighted by atomic mass is 35.5. The van der Waals surface area contributed by atoms with Gasteiger partial charge in [0.15, 0.2) is 0 Å². The van der Waals surface area contributed by atoms with Crippen LogP contribution < -0.4 is 0 Å². The summed E-state index contributed by atoms with van der Waals surface area (Å²) in [6, 6.07) is 11.8. The Balaban J connectivity index is 2.07. The molecule has 1 N–H and O–H groups in total. The number of benzene rings is 2. The molecule has 4 rings (SSSR count). The molecule has 4 heteroatoms. The molecule has 0 radical (unpaired) electrons. The highest BCUT2D eigenvalue weighted by molar-refractivity contribution is 6.35. The van der Waals surface area contributed by atoms with Crippen molar-refractivity contribution in [3.05, 3.63) is 47.0 Å². The number of phenols is 1. The minimum absolute atomic E-state index is 0.258. The Morgan fingerprint density at radius 3 is 2.81 bits per heavy atom. The second-order valence-corrected chi connectivity index (χ2v) is 6.07. The van der Waals surface area contributed by atoms with Crippen LogP contribution in [0.4, 0.5) is 0 Å². The van der Waals surface area contributed by atoms with Gasteiger partial charge in [0, 0.05) is 6.04 Å². The van der Waals surface area contributed by atoms with Gasteiger partial charge in [-0.15, -0.1) is 0 Å². The van der Waals surface area contributed by atoms with Crippen molar-refractivity contribution in [3.63, 3.8) is 0 Å². The number of hydrogen-bond acceptors (Lipinski definition) is 2. The van der Waals surface area contributed by atoms with Crippen LogP contribution in [0.15, 0.2) is 36.4 Å². The largest absolute Gasteiger partial charge is 0.507 e. The van der Waals surface area contributed by atoms with Gasteiger partial charge >= 0.3 is 0 Å². The zero-order valence-electron chi connectivity index (χ0n) is 11.7. The van der Waals surface area contributed by atoms with E-state index in [0.29, 0.717) is 11.1 Å². The summed E-state index contributed by atoms with van der Waals surface area (Å²) in [5.74, 6) is 1.07. The number of rotatable bonds is 2. The molecule has 1 aromatic heterocycles. The fourth-order valence-corrected chi connectivity index (χ4v) is 3.07. The van der Waals surface area contributed by atoms with E-state index in [0.717, 1.165) is 40.8 Å². The third kappa shape index (κ3) is 2.00. The van der Waals surface area contributed by atoms with Crippen molar-refractivity contribution in [2.45, 2.75) is 25.8 Å². The molecule has 3 aromatic rings. The minimum Gasteiger partial charge on any atom is -0.507 e. The van der Waals surface area contributed by atoms with E-state index in [1.807, 2.05) is 37.3 Å². The van der Waals surface area contributed by atoms with Crippen molar-refractivity contribution in [3.8, 4) is 17.1 Å². The molecule has 0 unspecified atom stereocenters. The van der Waals surface area contributed by atoms with Crippen LogP contribution in [-0.4, -0.2) is 14.7 Å². The molecule has 21 heavy (non-hydrogen) atoms. The topological polar surface area (TPSA) is 38.1 Å². The lowest BCUT2D eigenvalue weighted by molar-refractivity contribution is 0.476. The zero-order valence-corrected chi connectivity index (χ0v) is 12.4. The Bertz CT molecular complexity index is 849. The molecular weight excluding hydrogens is 284 g/mol. The Kier molecular flexibility index (Phi) is 2.73. The predicted octanol–water partition coefficient (Wildman–Crippen LogP) is 4.71. The van der Waals surface area contributed by atoms with Crippen molar-refractivity contribution < 1.29 is 5.11 Å². The van der Waals surface area contributed by atoms with E-state index in [2.05, 4.69) is 4.57 Å². The van der Waals surface area contributed by atoms with Crippen molar-refractivity contribution in [2.75, 3.05) is 0 Å². The van der Waals surface area contributed by atoms with Crippen LogP contribution in [0.1, 0.15) is 24.4 Å². The predicted molar refractivity (Wildman–Crippen MR) is 84.9 cm³/mol. The normalized spacial score (nSPS) is 14.8. The molecule has 3 nitrogen and oxygen atoms in total. The minimum atomic E-state index is 0.258. The average molecular weight is 299 g/mol. The van der Waals surface area contributed by atoms with E-state index in [1.165, 1.54) is 0 Å². The fraction of sp³-hybridized carbons (Fsp3) is 0.235. The van der Waals surface area contributed by atoms with Crippen molar-refractivity contribution in [1.29, 1.82) is 0 Å². The van der Waals surface area contributed by atoms with Crippen molar-refractivity contribution in [2.24, 2.45) is 0 Å². The molecule has 0 saturated heterocycles. The molecule has 106 valence electrons. The van der Waals surface area contributed by atoms with Gasteiger partial charge in [-0.05, 0) is 44.0 Å². The van der Waals surface area contributed by atoms with Gasteiger partial charge in [0.2, 0.25) is 0 Å². The van der Waals surface area contributed by atoms with Gasteiger partial charge < -0.3 is 9.67 Å². The van der Waals surface area contributed by atoms with Crippen LogP contribution in [0.2, 0.25) is 5.02 Å². The smallest absolute Gasteiger partial charge is 0.145 e. The van der Waals surface area contributed by atoms with Crippen LogP contribution in [0.3, 0.4) is 0 Å². The summed E-state index contributed by atoms with van der Waals surface area (Å²) in [5.41, 5.74) is 3.72. The van der Waals surface area contributed by atoms with Crippen molar-refractivity contribution in [1.82, 2.24) is 9.55 Å². The summed E-state index contributed by atoms with van der Waals surface area (Å²) in [4.78, 5) is 4.73. The zero-order chi connectivity index (χ0) is 14.6. The molecule has 1 aliphatic carbocycles. The molecule has 0 bridgehead atoms. The summed E-state index contributed by atoms with van der Waals surface area (Å²) >= 11 is 6.38. The number of halogens is 1. The summed E-state index contributed by atoms with van der Waals surface area (Å²) in [6.45, 7) is 2.01. The Labute approximate surface area is 127 Å². The van der Waals surface area contributed by atoms with E-state index >= 15 is 0 Å². The van der Waals surface area contributed by atoms with E-state index in [1.54, 1.807) is 6.07 Å². The van der Waals surface area contributed by atoms with Crippen LogP contribution in [0.25, 0.3) is 22.4 Å². The highest BCUT2D eigenvalue weighted by Crippen LogP contribution is 2.44. The lowest BCUT2D eigenvalue weighted by Crippen LogP contribution is -1.98. The number of fused-ring (bicyclic) bond motifs is 1. The first-order valence-electron chi connectivity index (χ1n) is 7.11. The van der Waals surface area contributed by atoms with Crippen LogP contribution in [-0.2, 0) is 0 Å². The highest BCUT2D eigenvalue weighted by Gasteiger charge is 2.30. The number of nitrogens with zero attached hydrogens (tertiary/aromatic N) is 2. The standard InChI is InChI=1S/C17H15ClN2O/c1-10-5-8-15(21)12(9-10)17-19-14-4-2-3-13(18)16(14)20(17)11-6-7-11/h2-5,8-9,11,21H,6-7H2,1H3. The molecule has 0 amide bonds. The molecule has 0 spiro atoms. The Morgan fingerprint density at radius 1 is 1.24 bits per heavy atom. The first kappa shape index (κ1) is 12.7. The summed E-state index contributed by atoms with van der Waals surface area (Å²) in [6.07, 6.45) is 2.27. The van der Waals surface area contributed by atoms with E-state index in [-0.39, 0.29) is 5.75 Å². The summed E-state index contributed by atoms with van der Waals surface area (Å²) in [7, 11) is 0. The first-order valence-corrected chi connectivity index (χ1v) is 7.49. The quantitative estimate of drug-likeness (QED) is 0.744. The molecule has 1 heterocycles. The van der Waals surface area contributed by atoms with E-state index in [9.17, 15) is 5.11 Å². The first-order chi connectivity index (χ1) is 10.1. The molecule has 0 atom stereocenters. The number of imidazole rings is 1. The van der Waals surface area contributed by atoms with Gasteiger partial charge in [0.1, 0.15) is 11.6 Å². The van der Waals surface area contributed by atoms with Crippen LogP contribution in [0.5, 0.6) is 5.75 Å². The number of aromatic nitrogens is 2. The van der Waals surface area contributed by atoms with Gasteiger partial charge in [-0.1, -0.05) is 29.3 Å². The molecular formula is C17H15ClN2O. The van der Waals surface area contributed by atoms with Gasteiger partial charge in [-0.25, -0.2) is 4.98 Å². The Hall–Kier alpha value is -2.00. The number of aryl methyl sites for hydroxylation is 1. The summed E-state index contributed by atoms with van der Waals surface area (Å²) in [5, 5.41) is 10.9. The number of hydrogen-bond donors (Lipinski definition) is 1. The molecule has 1 aliphatic rings. The molecule has 1 saturated carbocycles. The lowest BCUT2D eigenvalue weighted by atomic mass is 10.1. The second-order valence-electron chi connectivity index (χ2n) is 5.66. The average Bonchev–Trinajstić information content (AvgIpc) is 3.22. The maximum absolute atomic E-state index is 10.2. The number of phenolic OH excluding ortho intramolecular Hbond substituents is 1. The van der Waals surface area contributed by atoms with Crippen molar-refractivity contribution >= 4 is 22.6 Å². The van der Waals surface area contributed by atoms with Crippen LogP contribution in [0, 0.1) is 6.92 Å². The third-order valence-electron chi connectivity index (χ3n) is 3.97. The molecule has 0 aliphatic heterocycles. The maximum atomic E-state index is 10.2. The van der Waals surface area contributed by atoms with E-state index in [4.69, 9.17) is 16.6 Å². The molecule has 1 fully saturated rings. The summed E-state index contributed by atoms with van der Waals surface area (Å²) < 4.78 is 2.19. The monoisotopic (exact) mass is 298 g/mol. The SMILES string of the molecule is Cc1ccc(O)c(-c2nc3cccc(Cl)c3n2C2CC2)c1. The lowest BCUT2D eigenvalue weighted by Gasteiger charge is -2.10. The van der Waals surface area contributed by atoms with Gasteiger partial charge in [-0.2, -0.15) is 0 Å². The van der Waals surface area contributed by atoms with Gasteiger partial charge in [0.25, 0.3) is 0 Å².